The SMILES string of the molecule is CC(C)COc1ccc(NC(=O)CCCCCCCC(=O)Nc2ccc(OCC(C)C)cc2)cc1. The first-order valence-corrected chi connectivity index (χ1v) is 12.9. The number of nitrogens with one attached hydrogen (secondary N) is 2. The van der Waals surface area contributed by atoms with Gasteiger partial charge in [-0.3, -0.25) is 9.59 Å². The summed E-state index contributed by atoms with van der Waals surface area (Å²) in [5, 5.41) is 5.87. The van der Waals surface area contributed by atoms with Crippen molar-refractivity contribution in [2.45, 2.75) is 72.6 Å². The minimum Gasteiger partial charge on any atom is -0.493 e. The first-order valence-electron chi connectivity index (χ1n) is 12.9. The van der Waals surface area contributed by atoms with Gasteiger partial charge in [0.2, 0.25) is 11.8 Å². The Morgan fingerprint density at radius 2 is 0.943 bits per heavy atom. The van der Waals surface area contributed by atoms with Crippen LogP contribution in [0.2, 0.25) is 0 Å². The molecule has 0 fully saturated rings. The van der Waals surface area contributed by atoms with Gasteiger partial charge in [0.15, 0.2) is 0 Å². The van der Waals surface area contributed by atoms with E-state index in [-0.39, 0.29) is 11.8 Å². The smallest absolute Gasteiger partial charge is 0.224 e. The molecule has 0 saturated carbocycles. The molecule has 0 aliphatic heterocycles. The number of rotatable bonds is 16. The summed E-state index contributed by atoms with van der Waals surface area (Å²) in [6.45, 7) is 9.79. The van der Waals surface area contributed by atoms with Gasteiger partial charge < -0.3 is 20.1 Å². The van der Waals surface area contributed by atoms with Gasteiger partial charge in [0, 0.05) is 24.2 Å². The average molecular weight is 483 g/mol. The molecule has 0 radical (unpaired) electrons. The van der Waals surface area contributed by atoms with Crippen LogP contribution in [0.5, 0.6) is 11.5 Å². The quantitative estimate of drug-likeness (QED) is 0.251. The highest BCUT2D eigenvalue weighted by atomic mass is 16.5. The summed E-state index contributed by atoms with van der Waals surface area (Å²) in [7, 11) is 0. The zero-order valence-corrected chi connectivity index (χ0v) is 21.8. The van der Waals surface area contributed by atoms with Crippen molar-refractivity contribution in [3.63, 3.8) is 0 Å². The maximum Gasteiger partial charge on any atom is 0.224 e. The number of ether oxygens (including phenoxy) is 2. The van der Waals surface area contributed by atoms with E-state index in [4.69, 9.17) is 9.47 Å². The molecule has 0 aliphatic carbocycles. The van der Waals surface area contributed by atoms with E-state index < -0.39 is 0 Å². The number of anilines is 2. The van der Waals surface area contributed by atoms with Gasteiger partial charge in [-0.25, -0.2) is 0 Å². The van der Waals surface area contributed by atoms with Crippen molar-refractivity contribution in [1.29, 1.82) is 0 Å². The van der Waals surface area contributed by atoms with Crippen molar-refractivity contribution in [1.82, 2.24) is 0 Å². The van der Waals surface area contributed by atoms with Gasteiger partial charge >= 0.3 is 0 Å². The first-order chi connectivity index (χ1) is 16.8. The molecule has 0 spiro atoms. The van der Waals surface area contributed by atoms with E-state index in [1.54, 1.807) is 0 Å². The Kier molecular flexibility index (Phi) is 12.7. The summed E-state index contributed by atoms with van der Waals surface area (Å²) in [6, 6.07) is 15.0. The Balaban J connectivity index is 1.51. The standard InChI is InChI=1S/C29H42N2O4/c1-22(2)20-34-26-16-12-24(13-17-26)30-28(32)10-8-6-5-7-9-11-29(33)31-25-14-18-27(19-15-25)35-21-23(3)4/h12-19,22-23H,5-11,20-21H2,1-4H3,(H,30,32)(H,31,33). The number of carbonyl (C=O) groups excluding carboxylic acids is 2. The fourth-order valence-electron chi connectivity index (χ4n) is 3.34. The molecule has 192 valence electrons. The summed E-state index contributed by atoms with van der Waals surface area (Å²) in [6.07, 6.45) is 5.68. The van der Waals surface area contributed by atoms with Gasteiger partial charge in [-0.1, -0.05) is 47.0 Å². The Bertz CT molecular complexity index is 803. The summed E-state index contributed by atoms with van der Waals surface area (Å²) in [5.41, 5.74) is 1.58. The zero-order valence-electron chi connectivity index (χ0n) is 21.8. The minimum atomic E-state index is 0.0286. The van der Waals surface area contributed by atoms with Crippen LogP contribution in [-0.4, -0.2) is 25.0 Å². The monoisotopic (exact) mass is 482 g/mol. The van der Waals surface area contributed by atoms with Crippen LogP contribution < -0.4 is 20.1 Å². The van der Waals surface area contributed by atoms with Crippen LogP contribution >= 0.6 is 0 Å². The van der Waals surface area contributed by atoms with Crippen molar-refractivity contribution in [3.05, 3.63) is 48.5 Å². The van der Waals surface area contributed by atoms with Crippen molar-refractivity contribution in [3.8, 4) is 11.5 Å². The van der Waals surface area contributed by atoms with Crippen LogP contribution in [0, 0.1) is 11.8 Å². The zero-order chi connectivity index (χ0) is 25.5. The lowest BCUT2D eigenvalue weighted by Crippen LogP contribution is -2.11. The van der Waals surface area contributed by atoms with E-state index in [0.29, 0.717) is 37.9 Å². The Morgan fingerprint density at radius 3 is 1.29 bits per heavy atom. The molecule has 6 nitrogen and oxygen atoms in total. The van der Waals surface area contributed by atoms with Gasteiger partial charge in [0.1, 0.15) is 11.5 Å². The van der Waals surface area contributed by atoms with E-state index >= 15 is 0 Å². The predicted molar refractivity (Wildman–Crippen MR) is 143 cm³/mol. The van der Waals surface area contributed by atoms with E-state index in [0.717, 1.165) is 55.0 Å². The van der Waals surface area contributed by atoms with Crippen LogP contribution in [0.4, 0.5) is 11.4 Å². The molecular formula is C29H42N2O4. The molecule has 0 bridgehead atoms. The fraction of sp³-hybridized carbons (Fsp3) is 0.517. The second-order valence-electron chi connectivity index (χ2n) is 9.82. The van der Waals surface area contributed by atoms with Crippen LogP contribution in [-0.2, 0) is 9.59 Å². The fourth-order valence-corrected chi connectivity index (χ4v) is 3.34. The van der Waals surface area contributed by atoms with Gasteiger partial charge in [-0.05, 0) is 73.2 Å². The molecule has 6 heteroatoms. The molecule has 0 aromatic heterocycles. The number of unbranched alkanes of at least 4 members (excludes halogenated alkanes) is 4. The third kappa shape index (κ3) is 12.9. The van der Waals surface area contributed by atoms with Crippen LogP contribution in [0.1, 0.15) is 72.6 Å². The lowest BCUT2D eigenvalue weighted by Gasteiger charge is -2.10. The summed E-state index contributed by atoms with van der Waals surface area (Å²) in [4.78, 5) is 24.3. The molecule has 0 saturated heterocycles. The Hall–Kier alpha value is -3.02. The van der Waals surface area contributed by atoms with Crippen molar-refractivity contribution in [2.24, 2.45) is 11.8 Å². The molecule has 2 amide bonds. The minimum absolute atomic E-state index is 0.0286. The third-order valence-electron chi connectivity index (χ3n) is 5.25. The number of benzene rings is 2. The lowest BCUT2D eigenvalue weighted by atomic mass is 10.1. The number of hydrogen-bond acceptors (Lipinski definition) is 4. The molecule has 0 atom stereocenters. The van der Waals surface area contributed by atoms with E-state index in [1.165, 1.54) is 0 Å². The number of hydrogen-bond donors (Lipinski definition) is 2. The Labute approximate surface area is 210 Å². The Morgan fingerprint density at radius 1 is 0.600 bits per heavy atom. The molecule has 2 aromatic rings. The lowest BCUT2D eigenvalue weighted by molar-refractivity contribution is -0.117. The maximum atomic E-state index is 12.1. The number of carbonyl (C=O) groups is 2. The second kappa shape index (κ2) is 15.8. The molecule has 0 aliphatic rings. The predicted octanol–water partition coefficient (Wildman–Crippen LogP) is 7.06. The van der Waals surface area contributed by atoms with Crippen LogP contribution in [0.15, 0.2) is 48.5 Å². The van der Waals surface area contributed by atoms with E-state index in [9.17, 15) is 9.59 Å². The summed E-state index contributed by atoms with van der Waals surface area (Å²) < 4.78 is 11.3. The first kappa shape index (κ1) is 28.2. The highest BCUT2D eigenvalue weighted by molar-refractivity contribution is 5.91. The van der Waals surface area contributed by atoms with Gasteiger partial charge in [-0.2, -0.15) is 0 Å². The highest BCUT2D eigenvalue weighted by Gasteiger charge is 2.05. The molecule has 2 rings (SSSR count). The van der Waals surface area contributed by atoms with Crippen LogP contribution in [0.3, 0.4) is 0 Å². The topological polar surface area (TPSA) is 76.7 Å². The molecule has 0 heterocycles. The molecular weight excluding hydrogens is 440 g/mol. The second-order valence-corrected chi connectivity index (χ2v) is 9.82. The van der Waals surface area contributed by atoms with E-state index in [2.05, 4.69) is 38.3 Å². The van der Waals surface area contributed by atoms with Gasteiger partial charge in [0.25, 0.3) is 0 Å². The molecule has 0 unspecified atom stereocenters. The third-order valence-corrected chi connectivity index (χ3v) is 5.25. The van der Waals surface area contributed by atoms with Gasteiger partial charge in [0.05, 0.1) is 13.2 Å². The summed E-state index contributed by atoms with van der Waals surface area (Å²) in [5.74, 6) is 2.64. The van der Waals surface area contributed by atoms with E-state index in [1.807, 2.05) is 48.5 Å². The maximum absolute atomic E-state index is 12.1. The molecule has 35 heavy (non-hydrogen) atoms. The van der Waals surface area contributed by atoms with Crippen molar-refractivity contribution >= 4 is 23.2 Å². The highest BCUT2D eigenvalue weighted by Crippen LogP contribution is 2.18. The summed E-state index contributed by atoms with van der Waals surface area (Å²) >= 11 is 0. The average Bonchev–Trinajstić information content (AvgIpc) is 2.82. The van der Waals surface area contributed by atoms with Crippen molar-refractivity contribution < 1.29 is 19.1 Å². The molecule has 2 aromatic carbocycles. The largest absolute Gasteiger partial charge is 0.493 e. The van der Waals surface area contributed by atoms with Crippen molar-refractivity contribution in [2.75, 3.05) is 23.8 Å². The van der Waals surface area contributed by atoms with Gasteiger partial charge in [-0.15, -0.1) is 0 Å². The van der Waals surface area contributed by atoms with Crippen LogP contribution in [0.25, 0.3) is 0 Å². The number of amides is 2. The normalized spacial score (nSPS) is 10.9. The molecule has 2 N–H and O–H groups in total.